The number of benzene rings is 1. The van der Waals surface area contributed by atoms with Crippen LogP contribution in [0.2, 0.25) is 0 Å². The summed E-state index contributed by atoms with van der Waals surface area (Å²) in [5, 5.41) is 12.4. The zero-order chi connectivity index (χ0) is 17.2. The summed E-state index contributed by atoms with van der Waals surface area (Å²) in [7, 11) is 0. The molecule has 1 unspecified atom stereocenters. The highest BCUT2D eigenvalue weighted by Gasteiger charge is 2.20. The summed E-state index contributed by atoms with van der Waals surface area (Å²) in [5.41, 5.74) is 3.47. The van der Waals surface area contributed by atoms with E-state index in [2.05, 4.69) is 20.5 Å². The van der Waals surface area contributed by atoms with Crippen molar-refractivity contribution >= 4 is 39.5 Å². The lowest BCUT2D eigenvalue weighted by atomic mass is 9.98. The Labute approximate surface area is 149 Å². The van der Waals surface area contributed by atoms with E-state index in [9.17, 15) is 4.39 Å². The minimum Gasteiger partial charge on any atom is -0.354 e. The third-order valence-electron chi connectivity index (χ3n) is 4.03. The number of alkyl halides is 1. The Bertz CT molecular complexity index is 985. The molecule has 1 atom stereocenters. The maximum atomic E-state index is 14.4. The van der Waals surface area contributed by atoms with Crippen LogP contribution in [0.4, 0.5) is 15.8 Å². The second-order valence-corrected chi connectivity index (χ2v) is 6.16. The topological polar surface area (TPSA) is 50.7 Å². The molecule has 1 aromatic carbocycles. The molecular weight excluding hydrogens is 339 g/mol. The summed E-state index contributed by atoms with van der Waals surface area (Å²) in [6, 6.07) is 11.4. The van der Waals surface area contributed by atoms with Crippen LogP contribution in [0.3, 0.4) is 0 Å². The lowest BCUT2D eigenvalue weighted by Gasteiger charge is -2.17. The summed E-state index contributed by atoms with van der Waals surface area (Å²) in [6.45, 7) is 0. The predicted molar refractivity (Wildman–Crippen MR) is 98.5 cm³/mol. The quantitative estimate of drug-likeness (QED) is 0.719. The van der Waals surface area contributed by atoms with Gasteiger partial charge in [0.05, 0.1) is 35.0 Å². The van der Waals surface area contributed by atoms with Crippen LogP contribution in [0.15, 0.2) is 66.0 Å². The first-order valence-electron chi connectivity index (χ1n) is 7.86. The maximum Gasteiger partial charge on any atom is 0.131 e. The number of fused-ring (bicyclic) bond motifs is 1. The van der Waals surface area contributed by atoms with Crippen LogP contribution in [-0.2, 0) is 0 Å². The molecule has 1 aliphatic carbocycles. The number of pyridine rings is 1. The molecule has 2 aromatic heterocycles. The number of para-hydroxylation sites is 1. The van der Waals surface area contributed by atoms with Gasteiger partial charge in [0.25, 0.3) is 0 Å². The first-order chi connectivity index (χ1) is 12.2. The number of nitrogens with zero attached hydrogens (tertiary/aromatic N) is 3. The van der Waals surface area contributed by atoms with Gasteiger partial charge in [0, 0.05) is 22.4 Å². The monoisotopic (exact) mass is 352 g/mol. The molecule has 4 rings (SSSR count). The minimum absolute atomic E-state index is 0.260. The largest absolute Gasteiger partial charge is 0.354 e. The van der Waals surface area contributed by atoms with E-state index >= 15 is 0 Å². The molecule has 0 bridgehead atoms. The zero-order valence-electron chi connectivity index (χ0n) is 13.2. The van der Waals surface area contributed by atoms with Gasteiger partial charge < -0.3 is 5.32 Å². The van der Waals surface area contributed by atoms with Crippen LogP contribution in [-0.4, -0.2) is 21.4 Å². The Balaban J connectivity index is 1.85. The Hall–Kier alpha value is -2.79. The molecule has 1 aliphatic rings. The average Bonchev–Trinajstić information content (AvgIpc) is 2.64. The van der Waals surface area contributed by atoms with Gasteiger partial charge in [-0.25, -0.2) is 9.37 Å². The zero-order valence-corrected chi connectivity index (χ0v) is 13.9. The number of anilines is 2. The van der Waals surface area contributed by atoms with E-state index in [0.29, 0.717) is 16.3 Å². The van der Waals surface area contributed by atoms with Gasteiger partial charge in [0.15, 0.2) is 0 Å². The maximum absolute atomic E-state index is 14.4. The molecule has 4 nitrogen and oxygen atoms in total. The molecule has 25 heavy (non-hydrogen) atoms. The van der Waals surface area contributed by atoms with E-state index in [1.165, 1.54) is 0 Å². The molecule has 0 aliphatic heterocycles. The predicted octanol–water partition coefficient (Wildman–Crippen LogP) is 5.02. The molecule has 124 valence electrons. The molecule has 0 fully saturated rings. The third kappa shape index (κ3) is 3.23. The highest BCUT2D eigenvalue weighted by molar-refractivity contribution is 6.31. The van der Waals surface area contributed by atoms with Crippen molar-refractivity contribution in [3.8, 4) is 0 Å². The first kappa shape index (κ1) is 15.7. The second-order valence-electron chi connectivity index (χ2n) is 5.72. The van der Waals surface area contributed by atoms with Crippen LogP contribution >= 0.6 is 11.6 Å². The fraction of sp³-hybridized carbons (Fsp3) is 0.105. The smallest absolute Gasteiger partial charge is 0.131 e. The number of rotatable bonds is 3. The van der Waals surface area contributed by atoms with E-state index in [4.69, 9.17) is 11.6 Å². The molecule has 2 heterocycles. The summed E-state index contributed by atoms with van der Waals surface area (Å²) < 4.78 is 14.4. The number of allylic oxidation sites excluding steroid dienone is 4. The number of hydrogen-bond acceptors (Lipinski definition) is 4. The second kappa shape index (κ2) is 6.61. The Kier molecular flexibility index (Phi) is 4.15. The number of halogens is 2. The molecule has 0 spiro atoms. The van der Waals surface area contributed by atoms with E-state index in [1.807, 2.05) is 36.4 Å². The van der Waals surface area contributed by atoms with Crippen LogP contribution < -0.4 is 5.32 Å². The van der Waals surface area contributed by atoms with E-state index in [0.717, 1.165) is 22.3 Å². The first-order valence-corrected chi connectivity index (χ1v) is 8.24. The van der Waals surface area contributed by atoms with E-state index in [-0.39, 0.29) is 6.42 Å². The van der Waals surface area contributed by atoms with Crippen molar-refractivity contribution in [3.63, 3.8) is 0 Å². The SMILES string of the molecule is FC1CC=C(Cl)C=C1c1cc(Nc2ccnnc2)c2ccccc2n1. The molecule has 0 saturated heterocycles. The van der Waals surface area contributed by atoms with E-state index in [1.54, 1.807) is 24.5 Å². The lowest BCUT2D eigenvalue weighted by molar-refractivity contribution is 0.413. The molecule has 3 aromatic rings. The van der Waals surface area contributed by atoms with Crippen LogP contribution in [0.1, 0.15) is 12.1 Å². The van der Waals surface area contributed by atoms with Crippen molar-refractivity contribution in [2.45, 2.75) is 12.6 Å². The lowest BCUT2D eigenvalue weighted by Crippen LogP contribution is -2.08. The van der Waals surface area contributed by atoms with Crippen LogP contribution in [0.5, 0.6) is 0 Å². The summed E-state index contributed by atoms with van der Waals surface area (Å²) >= 11 is 6.07. The normalized spacial score (nSPS) is 17.1. The van der Waals surface area contributed by atoms with Crippen molar-refractivity contribution in [2.24, 2.45) is 0 Å². The number of aromatic nitrogens is 3. The van der Waals surface area contributed by atoms with Gasteiger partial charge in [-0.05, 0) is 24.3 Å². The van der Waals surface area contributed by atoms with Crippen LogP contribution in [0.25, 0.3) is 16.5 Å². The molecular formula is C19H14ClFN4. The molecule has 6 heteroatoms. The standard InChI is InChI=1S/C19H14ClFN4/c20-12-5-6-16(21)15(9-12)19-10-18(24-13-7-8-22-23-11-13)14-3-1-2-4-17(14)25-19/h1-5,7-11,16H,6H2,(H,22,24,25). The van der Waals surface area contributed by atoms with E-state index < -0.39 is 6.17 Å². The third-order valence-corrected chi connectivity index (χ3v) is 4.29. The molecule has 0 radical (unpaired) electrons. The van der Waals surface area contributed by atoms with Gasteiger partial charge in [-0.3, -0.25) is 0 Å². The molecule has 0 amide bonds. The molecule has 1 N–H and O–H groups in total. The van der Waals surface area contributed by atoms with Gasteiger partial charge >= 0.3 is 0 Å². The van der Waals surface area contributed by atoms with Gasteiger partial charge in [0.2, 0.25) is 0 Å². The highest BCUT2D eigenvalue weighted by atomic mass is 35.5. The Morgan fingerprint density at radius 1 is 1.16 bits per heavy atom. The summed E-state index contributed by atoms with van der Waals surface area (Å²) in [5.74, 6) is 0. The average molecular weight is 353 g/mol. The van der Waals surface area contributed by atoms with Gasteiger partial charge in [-0.2, -0.15) is 10.2 Å². The fourth-order valence-corrected chi connectivity index (χ4v) is 3.03. The van der Waals surface area contributed by atoms with Crippen molar-refractivity contribution < 1.29 is 4.39 Å². The Morgan fingerprint density at radius 3 is 2.88 bits per heavy atom. The number of hydrogen-bond donors (Lipinski definition) is 1. The summed E-state index contributed by atoms with van der Waals surface area (Å²) in [6.07, 6.45) is 5.70. The van der Waals surface area contributed by atoms with Crippen LogP contribution in [0, 0.1) is 0 Å². The van der Waals surface area contributed by atoms with Crippen molar-refractivity contribution in [3.05, 3.63) is 71.7 Å². The van der Waals surface area contributed by atoms with Crippen molar-refractivity contribution in [1.29, 1.82) is 0 Å². The highest BCUT2D eigenvalue weighted by Crippen LogP contribution is 2.34. The fourth-order valence-electron chi connectivity index (χ4n) is 2.82. The van der Waals surface area contributed by atoms with Crippen molar-refractivity contribution in [2.75, 3.05) is 5.32 Å². The minimum atomic E-state index is -1.12. The van der Waals surface area contributed by atoms with Gasteiger partial charge in [0.1, 0.15) is 6.17 Å². The summed E-state index contributed by atoms with van der Waals surface area (Å²) in [4.78, 5) is 4.62. The van der Waals surface area contributed by atoms with Gasteiger partial charge in [-0.1, -0.05) is 35.9 Å². The molecule has 0 saturated carbocycles. The Morgan fingerprint density at radius 2 is 2.04 bits per heavy atom. The van der Waals surface area contributed by atoms with Crippen molar-refractivity contribution in [1.82, 2.24) is 15.2 Å². The number of nitrogens with one attached hydrogen (secondary N) is 1. The van der Waals surface area contributed by atoms with Gasteiger partial charge in [-0.15, -0.1) is 0 Å².